The van der Waals surface area contributed by atoms with Crippen LogP contribution in [0.2, 0.25) is 0 Å². The van der Waals surface area contributed by atoms with E-state index in [-0.39, 0.29) is 23.9 Å². The van der Waals surface area contributed by atoms with Crippen molar-refractivity contribution in [1.82, 2.24) is 15.5 Å². The molecule has 0 radical (unpaired) electrons. The average molecular weight is 265 g/mol. The first-order valence-corrected chi connectivity index (χ1v) is 6.27. The lowest BCUT2D eigenvalue weighted by Gasteiger charge is -2.05. The molecule has 1 heterocycles. The van der Waals surface area contributed by atoms with E-state index >= 15 is 0 Å². The molecule has 19 heavy (non-hydrogen) atoms. The molecule has 104 valence electrons. The van der Waals surface area contributed by atoms with Gasteiger partial charge in [0.25, 0.3) is 5.91 Å². The minimum Gasteiger partial charge on any atom is -0.370 e. The van der Waals surface area contributed by atoms with Crippen LogP contribution in [0.3, 0.4) is 0 Å². The fourth-order valence-corrected chi connectivity index (χ4v) is 1.36. The van der Waals surface area contributed by atoms with Crippen molar-refractivity contribution in [3.63, 3.8) is 0 Å². The fourth-order valence-electron chi connectivity index (χ4n) is 1.36. The van der Waals surface area contributed by atoms with Gasteiger partial charge < -0.3 is 16.4 Å². The van der Waals surface area contributed by atoms with Crippen LogP contribution in [-0.2, 0) is 4.79 Å². The topological polar surface area (TPSA) is 110 Å². The molecule has 7 nitrogen and oxygen atoms in total. The molecular weight excluding hydrogens is 246 g/mol. The molecule has 0 atom stereocenters. The minimum absolute atomic E-state index is 0.251. The number of amides is 2. The molecule has 0 aliphatic rings. The first kappa shape index (κ1) is 14.9. The van der Waals surface area contributed by atoms with E-state index in [1.807, 2.05) is 6.92 Å². The zero-order valence-corrected chi connectivity index (χ0v) is 11.0. The van der Waals surface area contributed by atoms with Gasteiger partial charge in [-0.25, -0.2) is 0 Å². The first-order chi connectivity index (χ1) is 9.13. The first-order valence-electron chi connectivity index (χ1n) is 6.27. The zero-order chi connectivity index (χ0) is 14.1. The lowest BCUT2D eigenvalue weighted by Crippen LogP contribution is -2.26. The standard InChI is InChI=1S/C12H19N5O2/c1-2-7-14-11-6-5-9(16-17-11)12(19)15-8-3-4-10(13)18/h5-6H,2-4,7-8H2,1H3,(H2,13,18)(H,14,17)(H,15,19). The van der Waals surface area contributed by atoms with Crippen molar-refractivity contribution in [3.8, 4) is 0 Å². The Bertz CT molecular complexity index is 419. The third-order valence-electron chi connectivity index (χ3n) is 2.34. The summed E-state index contributed by atoms with van der Waals surface area (Å²) in [6.07, 6.45) is 1.76. The molecule has 1 rings (SSSR count). The van der Waals surface area contributed by atoms with Crippen molar-refractivity contribution in [2.75, 3.05) is 18.4 Å². The summed E-state index contributed by atoms with van der Waals surface area (Å²) in [5, 5.41) is 13.4. The fraction of sp³-hybridized carbons (Fsp3) is 0.500. The van der Waals surface area contributed by atoms with Crippen LogP contribution < -0.4 is 16.4 Å². The van der Waals surface area contributed by atoms with Crippen LogP contribution in [0.4, 0.5) is 5.82 Å². The Morgan fingerprint density at radius 3 is 2.63 bits per heavy atom. The molecule has 2 amide bonds. The van der Waals surface area contributed by atoms with Crippen molar-refractivity contribution in [3.05, 3.63) is 17.8 Å². The largest absolute Gasteiger partial charge is 0.370 e. The number of nitrogens with two attached hydrogens (primary N) is 1. The SMILES string of the molecule is CCCNc1ccc(C(=O)NCCCC(N)=O)nn1. The molecule has 0 aromatic carbocycles. The van der Waals surface area contributed by atoms with Gasteiger partial charge in [-0.3, -0.25) is 9.59 Å². The van der Waals surface area contributed by atoms with Crippen LogP contribution in [0.25, 0.3) is 0 Å². The summed E-state index contributed by atoms with van der Waals surface area (Å²) >= 11 is 0. The molecule has 0 bridgehead atoms. The third-order valence-corrected chi connectivity index (χ3v) is 2.34. The maximum Gasteiger partial charge on any atom is 0.271 e. The predicted molar refractivity (Wildman–Crippen MR) is 71.6 cm³/mol. The lowest BCUT2D eigenvalue weighted by molar-refractivity contribution is -0.118. The number of hydrogen-bond acceptors (Lipinski definition) is 5. The van der Waals surface area contributed by atoms with Gasteiger partial charge in [-0.05, 0) is 25.0 Å². The van der Waals surface area contributed by atoms with E-state index in [0.717, 1.165) is 13.0 Å². The molecule has 0 spiro atoms. The number of aromatic nitrogens is 2. The summed E-state index contributed by atoms with van der Waals surface area (Å²) in [4.78, 5) is 22.2. The number of hydrogen-bond donors (Lipinski definition) is 3. The molecule has 0 aliphatic carbocycles. The van der Waals surface area contributed by atoms with Gasteiger partial charge in [0.2, 0.25) is 5.91 Å². The molecule has 0 fully saturated rings. The summed E-state index contributed by atoms with van der Waals surface area (Å²) in [5.41, 5.74) is 5.25. The van der Waals surface area contributed by atoms with Crippen molar-refractivity contribution in [2.24, 2.45) is 5.73 Å². The summed E-state index contributed by atoms with van der Waals surface area (Å²) in [6, 6.07) is 3.31. The number of carbonyl (C=O) groups is 2. The van der Waals surface area contributed by atoms with Gasteiger partial charge in [0.1, 0.15) is 5.82 Å². The Labute approximate surface area is 112 Å². The highest BCUT2D eigenvalue weighted by molar-refractivity contribution is 5.92. The number of anilines is 1. The summed E-state index contributed by atoms with van der Waals surface area (Å²) in [7, 11) is 0. The highest BCUT2D eigenvalue weighted by atomic mass is 16.2. The molecule has 0 saturated carbocycles. The smallest absolute Gasteiger partial charge is 0.271 e. The van der Waals surface area contributed by atoms with E-state index < -0.39 is 0 Å². The van der Waals surface area contributed by atoms with Crippen LogP contribution >= 0.6 is 0 Å². The van der Waals surface area contributed by atoms with E-state index in [0.29, 0.717) is 18.8 Å². The third kappa shape index (κ3) is 5.80. The van der Waals surface area contributed by atoms with Crippen LogP contribution in [0.5, 0.6) is 0 Å². The van der Waals surface area contributed by atoms with Crippen LogP contribution in [0.15, 0.2) is 12.1 Å². The lowest BCUT2D eigenvalue weighted by atomic mass is 10.3. The Morgan fingerprint density at radius 2 is 2.05 bits per heavy atom. The normalized spacial score (nSPS) is 9.95. The summed E-state index contributed by atoms with van der Waals surface area (Å²) in [5.74, 6) is -0.0356. The number of carbonyl (C=O) groups excluding carboxylic acids is 2. The molecule has 1 aromatic heterocycles. The molecule has 4 N–H and O–H groups in total. The quantitative estimate of drug-likeness (QED) is 0.585. The maximum absolute atomic E-state index is 11.7. The van der Waals surface area contributed by atoms with Gasteiger partial charge in [-0.15, -0.1) is 10.2 Å². The van der Waals surface area contributed by atoms with Gasteiger partial charge >= 0.3 is 0 Å². The van der Waals surface area contributed by atoms with Crippen molar-refractivity contribution < 1.29 is 9.59 Å². The zero-order valence-electron chi connectivity index (χ0n) is 11.0. The molecule has 0 saturated heterocycles. The Balaban J connectivity index is 2.37. The van der Waals surface area contributed by atoms with E-state index in [1.165, 1.54) is 0 Å². The van der Waals surface area contributed by atoms with Gasteiger partial charge in [0.15, 0.2) is 5.69 Å². The van der Waals surface area contributed by atoms with Crippen molar-refractivity contribution in [1.29, 1.82) is 0 Å². The maximum atomic E-state index is 11.7. The van der Waals surface area contributed by atoms with Gasteiger partial charge in [0.05, 0.1) is 0 Å². The minimum atomic E-state index is -0.375. The Hall–Kier alpha value is -2.18. The van der Waals surface area contributed by atoms with Crippen molar-refractivity contribution >= 4 is 17.6 Å². The van der Waals surface area contributed by atoms with E-state index in [2.05, 4.69) is 20.8 Å². The molecule has 0 aliphatic heterocycles. The van der Waals surface area contributed by atoms with Crippen LogP contribution in [-0.4, -0.2) is 35.1 Å². The monoisotopic (exact) mass is 265 g/mol. The van der Waals surface area contributed by atoms with E-state index in [1.54, 1.807) is 12.1 Å². The van der Waals surface area contributed by atoms with Crippen LogP contribution in [0, 0.1) is 0 Å². The highest BCUT2D eigenvalue weighted by Crippen LogP contribution is 2.02. The van der Waals surface area contributed by atoms with E-state index in [9.17, 15) is 9.59 Å². The number of primary amides is 1. The second-order valence-corrected chi connectivity index (χ2v) is 4.06. The average Bonchev–Trinajstić information content (AvgIpc) is 2.41. The summed E-state index contributed by atoms with van der Waals surface area (Å²) in [6.45, 7) is 3.25. The van der Waals surface area contributed by atoms with Gasteiger partial charge in [-0.2, -0.15) is 0 Å². The second kappa shape index (κ2) is 8.02. The number of nitrogens with one attached hydrogen (secondary N) is 2. The predicted octanol–water partition coefficient (Wildman–Crippen LogP) is 0.294. The molecule has 0 unspecified atom stereocenters. The number of nitrogens with zero attached hydrogens (tertiary/aromatic N) is 2. The van der Waals surface area contributed by atoms with Gasteiger partial charge in [0, 0.05) is 19.5 Å². The summed E-state index contributed by atoms with van der Waals surface area (Å²) < 4.78 is 0. The number of rotatable bonds is 8. The van der Waals surface area contributed by atoms with E-state index in [4.69, 9.17) is 5.73 Å². The molecular formula is C12H19N5O2. The van der Waals surface area contributed by atoms with Gasteiger partial charge in [-0.1, -0.05) is 6.92 Å². The Kier molecular flexibility index (Phi) is 6.28. The molecule has 1 aromatic rings. The Morgan fingerprint density at radius 1 is 1.26 bits per heavy atom. The van der Waals surface area contributed by atoms with Crippen LogP contribution in [0.1, 0.15) is 36.7 Å². The second-order valence-electron chi connectivity index (χ2n) is 4.06. The molecule has 7 heteroatoms. The highest BCUT2D eigenvalue weighted by Gasteiger charge is 2.07. The van der Waals surface area contributed by atoms with Crippen molar-refractivity contribution in [2.45, 2.75) is 26.2 Å².